The predicted octanol–water partition coefficient (Wildman–Crippen LogP) is -2.58. The Kier molecular flexibility index (Phi) is 2.67. The normalized spacial score (nSPS) is 48.4. The zero-order valence-corrected chi connectivity index (χ0v) is 6.16. The maximum Gasteiger partial charge on any atom is 0.185 e. The highest BCUT2D eigenvalue weighted by atomic mass is 16.6. The van der Waals surface area contributed by atoms with Crippen molar-refractivity contribution in [3.63, 3.8) is 0 Å². The molecule has 0 amide bonds. The Balaban J connectivity index is 2.72. The minimum absolute atomic E-state index is 1.08. The molecule has 1 aliphatic rings. The zero-order valence-electron chi connectivity index (χ0n) is 6.16. The molecule has 1 fully saturated rings. The van der Waals surface area contributed by atoms with E-state index in [2.05, 4.69) is 4.74 Å². The lowest BCUT2D eigenvalue weighted by atomic mass is 10.00. The number of aliphatic hydroxyl groups is 4. The molecular weight excluding hydrogens is 164 g/mol. The van der Waals surface area contributed by atoms with Crippen LogP contribution in [0.15, 0.2) is 0 Å². The summed E-state index contributed by atoms with van der Waals surface area (Å²) in [6.07, 6.45) is -2.08. The molecule has 68 valence electrons. The van der Waals surface area contributed by atoms with Crippen LogP contribution in [0.2, 0.25) is 0 Å². The minimum Gasteiger partial charge on any atom is -0.387 e. The first-order valence-corrected chi connectivity index (χ1v) is 3.41. The summed E-state index contributed by atoms with van der Waals surface area (Å²) in [4.78, 5) is 0. The third-order valence-electron chi connectivity index (χ3n) is 1.75. The summed E-state index contributed by atoms with van der Waals surface area (Å²) in [6.45, 7) is 0. The predicted molar refractivity (Wildman–Crippen MR) is 37.7 cm³/mol. The molecule has 5 nitrogen and oxygen atoms in total. The Hall–Kier alpha value is -0.640. The van der Waals surface area contributed by atoms with Crippen molar-refractivity contribution < 1.29 is 25.2 Å². The van der Waals surface area contributed by atoms with Crippen molar-refractivity contribution in [3.8, 4) is 12.3 Å². The second kappa shape index (κ2) is 3.39. The first-order chi connectivity index (χ1) is 5.57. The zero-order chi connectivity index (χ0) is 9.30. The van der Waals surface area contributed by atoms with Crippen molar-refractivity contribution in [3.05, 3.63) is 0 Å². The molecule has 1 aliphatic heterocycles. The van der Waals surface area contributed by atoms with E-state index in [-0.39, 0.29) is 0 Å². The molecule has 0 aliphatic carbocycles. The minimum atomic E-state index is -1.55. The van der Waals surface area contributed by atoms with Gasteiger partial charge in [0.25, 0.3) is 0 Å². The van der Waals surface area contributed by atoms with E-state index in [0.717, 1.165) is 0 Å². The van der Waals surface area contributed by atoms with E-state index in [1.807, 2.05) is 5.92 Å². The Morgan fingerprint density at radius 2 is 1.58 bits per heavy atom. The molecule has 4 N–H and O–H groups in total. The molecule has 1 unspecified atom stereocenters. The van der Waals surface area contributed by atoms with E-state index in [1.165, 1.54) is 0 Å². The Labute approximate surface area is 69.2 Å². The van der Waals surface area contributed by atoms with Crippen molar-refractivity contribution in [1.29, 1.82) is 0 Å². The third kappa shape index (κ3) is 1.43. The summed E-state index contributed by atoms with van der Waals surface area (Å²) < 4.78 is 4.59. The van der Waals surface area contributed by atoms with Crippen LogP contribution in [0.25, 0.3) is 0 Å². The largest absolute Gasteiger partial charge is 0.387 e. The standard InChI is InChI=1S/C7H10O5/c1-2-3-4(8)5(9)6(10)7(11)12-3/h1,3-11H/t3-,4+,5+,6-,7?/m0/s1. The van der Waals surface area contributed by atoms with Gasteiger partial charge in [-0.2, -0.15) is 0 Å². The third-order valence-corrected chi connectivity index (χ3v) is 1.75. The van der Waals surface area contributed by atoms with Gasteiger partial charge in [0, 0.05) is 0 Å². The summed E-state index contributed by atoms with van der Waals surface area (Å²) in [5.41, 5.74) is 0. The molecule has 5 heteroatoms. The topological polar surface area (TPSA) is 90.2 Å². The molecule has 12 heavy (non-hydrogen) atoms. The fourth-order valence-corrected chi connectivity index (χ4v) is 0.999. The number of terminal acetylenes is 1. The van der Waals surface area contributed by atoms with Crippen molar-refractivity contribution in [1.82, 2.24) is 0 Å². The van der Waals surface area contributed by atoms with Crippen molar-refractivity contribution >= 4 is 0 Å². The summed E-state index contributed by atoms with van der Waals surface area (Å²) in [6, 6.07) is 0. The van der Waals surface area contributed by atoms with Gasteiger partial charge in [0.1, 0.15) is 24.4 Å². The average Bonchev–Trinajstić information content (AvgIpc) is 2.08. The van der Waals surface area contributed by atoms with Crippen molar-refractivity contribution in [2.45, 2.75) is 30.7 Å². The van der Waals surface area contributed by atoms with Crippen molar-refractivity contribution in [2.24, 2.45) is 0 Å². The quantitative estimate of drug-likeness (QED) is 0.303. The molecule has 0 saturated carbocycles. The van der Waals surface area contributed by atoms with Crippen LogP contribution in [0.1, 0.15) is 0 Å². The van der Waals surface area contributed by atoms with Gasteiger partial charge in [-0.3, -0.25) is 0 Å². The maximum atomic E-state index is 9.14. The lowest BCUT2D eigenvalue weighted by Crippen LogP contribution is -2.56. The lowest BCUT2D eigenvalue weighted by molar-refractivity contribution is -0.269. The van der Waals surface area contributed by atoms with E-state index < -0.39 is 30.7 Å². The molecular formula is C7H10O5. The summed E-state index contributed by atoms with van der Waals surface area (Å²) in [5.74, 6) is 2.03. The molecule has 1 rings (SSSR count). The van der Waals surface area contributed by atoms with E-state index in [0.29, 0.717) is 0 Å². The molecule has 5 atom stereocenters. The van der Waals surface area contributed by atoms with Crippen molar-refractivity contribution in [2.75, 3.05) is 0 Å². The maximum absolute atomic E-state index is 9.14. The van der Waals surface area contributed by atoms with E-state index >= 15 is 0 Å². The lowest BCUT2D eigenvalue weighted by Gasteiger charge is -2.35. The Morgan fingerprint density at radius 3 is 2.08 bits per heavy atom. The summed E-state index contributed by atoms with van der Waals surface area (Å²) >= 11 is 0. The number of ether oxygens (including phenoxy) is 1. The van der Waals surface area contributed by atoms with E-state index in [4.69, 9.17) is 26.8 Å². The number of hydrogen-bond donors (Lipinski definition) is 4. The molecule has 0 bridgehead atoms. The number of aliphatic hydroxyl groups excluding tert-OH is 4. The van der Waals surface area contributed by atoms with Gasteiger partial charge in [0.2, 0.25) is 0 Å². The second-order valence-electron chi connectivity index (χ2n) is 2.59. The smallest absolute Gasteiger partial charge is 0.185 e. The molecule has 0 aromatic rings. The van der Waals surface area contributed by atoms with Crippen LogP contribution in [-0.2, 0) is 4.74 Å². The SMILES string of the molecule is C#C[C@@H]1OC(O)[C@@H](O)[C@H](O)[C@@H]1O. The van der Waals surface area contributed by atoms with Crippen LogP contribution in [-0.4, -0.2) is 51.1 Å². The number of rotatable bonds is 0. The van der Waals surface area contributed by atoms with Crippen LogP contribution in [0.4, 0.5) is 0 Å². The van der Waals surface area contributed by atoms with Crippen LogP contribution < -0.4 is 0 Å². The van der Waals surface area contributed by atoms with Crippen LogP contribution in [0.3, 0.4) is 0 Å². The van der Waals surface area contributed by atoms with Gasteiger partial charge in [0.05, 0.1) is 0 Å². The highest BCUT2D eigenvalue weighted by Crippen LogP contribution is 2.18. The van der Waals surface area contributed by atoms with Gasteiger partial charge in [0.15, 0.2) is 6.29 Å². The molecule has 0 spiro atoms. The van der Waals surface area contributed by atoms with Crippen LogP contribution in [0, 0.1) is 12.3 Å². The molecule has 1 saturated heterocycles. The van der Waals surface area contributed by atoms with Crippen LogP contribution in [0.5, 0.6) is 0 Å². The molecule has 0 aromatic heterocycles. The fourth-order valence-electron chi connectivity index (χ4n) is 0.999. The van der Waals surface area contributed by atoms with E-state index in [1.54, 1.807) is 0 Å². The van der Waals surface area contributed by atoms with Gasteiger partial charge in [-0.25, -0.2) is 0 Å². The number of hydrogen-bond acceptors (Lipinski definition) is 5. The van der Waals surface area contributed by atoms with Gasteiger partial charge in [-0.15, -0.1) is 6.42 Å². The van der Waals surface area contributed by atoms with E-state index in [9.17, 15) is 0 Å². The van der Waals surface area contributed by atoms with Gasteiger partial charge < -0.3 is 25.2 Å². The highest BCUT2D eigenvalue weighted by molar-refractivity contribution is 5.04. The van der Waals surface area contributed by atoms with Gasteiger partial charge >= 0.3 is 0 Å². The molecule has 0 aromatic carbocycles. The highest BCUT2D eigenvalue weighted by Gasteiger charge is 2.42. The van der Waals surface area contributed by atoms with Gasteiger partial charge in [-0.1, -0.05) is 5.92 Å². The Bertz CT molecular complexity index is 198. The second-order valence-corrected chi connectivity index (χ2v) is 2.59. The Morgan fingerprint density at radius 1 is 1.00 bits per heavy atom. The summed E-state index contributed by atoms with van der Waals surface area (Å²) in [5, 5.41) is 36.1. The van der Waals surface area contributed by atoms with Gasteiger partial charge in [-0.05, 0) is 0 Å². The molecule has 0 radical (unpaired) electrons. The first kappa shape index (κ1) is 9.45. The average molecular weight is 174 g/mol. The fraction of sp³-hybridized carbons (Fsp3) is 0.714. The monoisotopic (exact) mass is 174 g/mol. The van der Waals surface area contributed by atoms with Crippen LogP contribution >= 0.6 is 0 Å². The first-order valence-electron chi connectivity index (χ1n) is 3.41. The summed E-state index contributed by atoms with van der Waals surface area (Å²) in [7, 11) is 0. The molecule has 1 heterocycles.